The second-order valence-corrected chi connectivity index (χ2v) is 7.60. The van der Waals surface area contributed by atoms with Gasteiger partial charge in [0.15, 0.2) is 5.82 Å². The van der Waals surface area contributed by atoms with E-state index in [-0.39, 0.29) is 18.3 Å². The molecule has 1 aliphatic heterocycles. The lowest BCUT2D eigenvalue weighted by Gasteiger charge is -2.29. The molecule has 10 heteroatoms. The maximum absolute atomic E-state index is 12.7. The van der Waals surface area contributed by atoms with E-state index in [0.717, 1.165) is 11.8 Å². The maximum Gasteiger partial charge on any atom is 0.336 e. The second kappa shape index (κ2) is 9.95. The molecule has 1 atom stereocenters. The molecule has 160 valence electrons. The highest BCUT2D eigenvalue weighted by atomic mass is 32.2. The van der Waals surface area contributed by atoms with E-state index in [4.69, 9.17) is 9.26 Å². The molecule has 2 aromatic rings. The van der Waals surface area contributed by atoms with E-state index in [2.05, 4.69) is 26.8 Å². The van der Waals surface area contributed by atoms with E-state index in [9.17, 15) is 14.9 Å². The SMILES string of the molecule is CCOC(=O)C1=C(C)NC(SCC(=O)Nc2cc(C)on2)=C(C#N)C1c1cccnc1. The number of hydrogen-bond donors (Lipinski definition) is 2. The number of nitriles is 1. The summed E-state index contributed by atoms with van der Waals surface area (Å²) in [6.07, 6.45) is 3.23. The van der Waals surface area contributed by atoms with Crippen LogP contribution >= 0.6 is 11.8 Å². The fourth-order valence-electron chi connectivity index (χ4n) is 3.13. The molecule has 1 unspecified atom stereocenters. The van der Waals surface area contributed by atoms with E-state index < -0.39 is 11.9 Å². The molecule has 0 radical (unpaired) electrons. The van der Waals surface area contributed by atoms with Crippen molar-refractivity contribution in [2.24, 2.45) is 0 Å². The summed E-state index contributed by atoms with van der Waals surface area (Å²) in [5, 5.41) is 19.9. The minimum absolute atomic E-state index is 0.0290. The van der Waals surface area contributed by atoms with Gasteiger partial charge in [0.05, 0.1) is 40.5 Å². The van der Waals surface area contributed by atoms with Crippen molar-refractivity contribution in [3.8, 4) is 6.07 Å². The first kappa shape index (κ1) is 22.1. The minimum Gasteiger partial charge on any atom is -0.463 e. The van der Waals surface area contributed by atoms with Crippen LogP contribution in [0.3, 0.4) is 0 Å². The molecule has 3 rings (SSSR count). The number of aromatic nitrogens is 2. The quantitative estimate of drug-likeness (QED) is 0.625. The predicted molar refractivity (Wildman–Crippen MR) is 114 cm³/mol. The lowest BCUT2D eigenvalue weighted by Crippen LogP contribution is -2.29. The topological polar surface area (TPSA) is 130 Å². The van der Waals surface area contributed by atoms with Gasteiger partial charge < -0.3 is 19.9 Å². The molecular weight excluding hydrogens is 418 g/mol. The second-order valence-electron chi connectivity index (χ2n) is 6.62. The number of aryl methyl sites for hydroxylation is 1. The highest BCUT2D eigenvalue weighted by Crippen LogP contribution is 2.40. The van der Waals surface area contributed by atoms with Gasteiger partial charge in [-0.15, -0.1) is 0 Å². The molecule has 31 heavy (non-hydrogen) atoms. The third kappa shape index (κ3) is 5.13. The Balaban J connectivity index is 1.88. The minimum atomic E-state index is -0.650. The molecule has 0 spiro atoms. The van der Waals surface area contributed by atoms with Crippen molar-refractivity contribution in [2.75, 3.05) is 17.7 Å². The lowest BCUT2D eigenvalue weighted by atomic mass is 9.83. The average molecular weight is 439 g/mol. The number of carbonyl (C=O) groups is 2. The smallest absolute Gasteiger partial charge is 0.336 e. The Morgan fingerprint density at radius 1 is 1.42 bits per heavy atom. The highest BCUT2D eigenvalue weighted by molar-refractivity contribution is 8.03. The van der Waals surface area contributed by atoms with Crippen molar-refractivity contribution in [1.29, 1.82) is 5.26 Å². The summed E-state index contributed by atoms with van der Waals surface area (Å²) in [5.74, 6) is -0.525. The first-order valence-electron chi connectivity index (χ1n) is 9.49. The summed E-state index contributed by atoms with van der Waals surface area (Å²) in [5.41, 5.74) is 1.90. The molecule has 2 aromatic heterocycles. The Kier molecular flexibility index (Phi) is 7.10. The van der Waals surface area contributed by atoms with Crippen LogP contribution in [0.5, 0.6) is 0 Å². The summed E-state index contributed by atoms with van der Waals surface area (Å²) >= 11 is 1.16. The number of ether oxygens (including phenoxy) is 1. The van der Waals surface area contributed by atoms with E-state index in [0.29, 0.717) is 39.0 Å². The molecule has 0 aromatic carbocycles. The number of allylic oxidation sites excluding steroid dienone is 2. The Labute approximate surface area is 183 Å². The molecular formula is C21H21N5O4S. The molecule has 0 saturated heterocycles. The van der Waals surface area contributed by atoms with E-state index >= 15 is 0 Å². The summed E-state index contributed by atoms with van der Waals surface area (Å²) in [4.78, 5) is 29.1. The molecule has 1 aliphatic rings. The van der Waals surface area contributed by atoms with Crippen molar-refractivity contribution < 1.29 is 18.8 Å². The molecule has 1 amide bonds. The van der Waals surface area contributed by atoms with Crippen LogP contribution < -0.4 is 10.6 Å². The largest absolute Gasteiger partial charge is 0.463 e. The van der Waals surface area contributed by atoms with Crippen LogP contribution in [0.1, 0.15) is 31.1 Å². The summed E-state index contributed by atoms with van der Waals surface area (Å²) < 4.78 is 10.2. The Morgan fingerprint density at radius 3 is 2.84 bits per heavy atom. The van der Waals surface area contributed by atoms with Crippen LogP contribution in [-0.2, 0) is 14.3 Å². The molecule has 0 fully saturated rings. The van der Waals surface area contributed by atoms with Crippen LogP contribution in [-0.4, -0.2) is 34.4 Å². The number of amides is 1. The fourth-order valence-corrected chi connectivity index (χ4v) is 4.02. The Bertz CT molecular complexity index is 1080. The van der Waals surface area contributed by atoms with Crippen LogP contribution in [0.15, 0.2) is 57.0 Å². The van der Waals surface area contributed by atoms with Crippen LogP contribution in [0.4, 0.5) is 5.82 Å². The van der Waals surface area contributed by atoms with Gasteiger partial charge in [-0.3, -0.25) is 9.78 Å². The predicted octanol–water partition coefficient (Wildman–Crippen LogP) is 3.01. The number of esters is 1. The van der Waals surface area contributed by atoms with E-state index in [1.165, 1.54) is 0 Å². The van der Waals surface area contributed by atoms with Crippen molar-refractivity contribution >= 4 is 29.5 Å². The monoisotopic (exact) mass is 439 g/mol. The van der Waals surface area contributed by atoms with Gasteiger partial charge in [-0.2, -0.15) is 5.26 Å². The number of anilines is 1. The number of thioether (sulfide) groups is 1. The van der Waals surface area contributed by atoms with Gasteiger partial charge in [0.2, 0.25) is 5.91 Å². The number of hydrogen-bond acceptors (Lipinski definition) is 9. The molecule has 9 nitrogen and oxygen atoms in total. The molecule has 0 aliphatic carbocycles. The van der Waals surface area contributed by atoms with Gasteiger partial charge in [-0.1, -0.05) is 23.0 Å². The zero-order valence-corrected chi connectivity index (χ0v) is 18.1. The van der Waals surface area contributed by atoms with Crippen molar-refractivity contribution in [2.45, 2.75) is 26.7 Å². The zero-order chi connectivity index (χ0) is 22.4. The fraction of sp³-hybridized carbons (Fsp3) is 0.286. The Hall–Kier alpha value is -3.58. The first-order valence-corrected chi connectivity index (χ1v) is 10.5. The van der Waals surface area contributed by atoms with Gasteiger partial charge in [-0.25, -0.2) is 4.79 Å². The van der Waals surface area contributed by atoms with E-state index in [1.54, 1.807) is 51.4 Å². The number of nitrogens with zero attached hydrogens (tertiary/aromatic N) is 3. The normalized spacial score (nSPS) is 15.9. The zero-order valence-electron chi connectivity index (χ0n) is 17.3. The number of carbonyl (C=O) groups excluding carboxylic acids is 2. The maximum atomic E-state index is 12.7. The van der Waals surface area contributed by atoms with E-state index in [1.807, 2.05) is 0 Å². The third-order valence-electron chi connectivity index (χ3n) is 4.40. The summed E-state index contributed by atoms with van der Waals surface area (Å²) in [6.45, 7) is 5.40. The van der Waals surface area contributed by atoms with Gasteiger partial charge in [-0.05, 0) is 32.4 Å². The average Bonchev–Trinajstić information content (AvgIpc) is 3.16. The highest BCUT2D eigenvalue weighted by Gasteiger charge is 2.35. The lowest BCUT2D eigenvalue weighted by molar-refractivity contribution is -0.138. The van der Waals surface area contributed by atoms with Gasteiger partial charge in [0.25, 0.3) is 0 Å². The summed E-state index contributed by atoms with van der Waals surface area (Å²) in [7, 11) is 0. The molecule has 2 N–H and O–H groups in total. The number of dihydropyridines is 1. The van der Waals surface area contributed by atoms with Crippen molar-refractivity contribution in [1.82, 2.24) is 15.5 Å². The van der Waals surface area contributed by atoms with Crippen LogP contribution in [0, 0.1) is 18.3 Å². The number of rotatable bonds is 7. The van der Waals surface area contributed by atoms with Gasteiger partial charge >= 0.3 is 5.97 Å². The van der Waals surface area contributed by atoms with Crippen LogP contribution in [0.25, 0.3) is 0 Å². The van der Waals surface area contributed by atoms with Crippen molar-refractivity contribution in [3.05, 3.63) is 63.8 Å². The third-order valence-corrected chi connectivity index (χ3v) is 5.42. The molecule has 0 saturated carbocycles. The summed E-state index contributed by atoms with van der Waals surface area (Å²) in [6, 6.07) is 7.34. The number of nitrogens with one attached hydrogen (secondary N) is 2. The van der Waals surface area contributed by atoms with Crippen LogP contribution in [0.2, 0.25) is 0 Å². The molecule has 3 heterocycles. The first-order chi connectivity index (χ1) is 14.9. The standard InChI is InChI=1S/C21H21N5O4S/c1-4-29-21(28)18-13(3)24-20(15(9-22)19(18)14-6-5-7-23-10-14)31-11-17(27)25-16-8-12(2)30-26-16/h5-8,10,19,24H,4,11H2,1-3H3,(H,25,26,27). The molecule has 0 bridgehead atoms. The number of pyridine rings is 1. The van der Waals surface area contributed by atoms with Gasteiger partial charge in [0, 0.05) is 24.2 Å². The van der Waals surface area contributed by atoms with Crippen molar-refractivity contribution in [3.63, 3.8) is 0 Å². The van der Waals surface area contributed by atoms with Gasteiger partial charge in [0.1, 0.15) is 5.76 Å². The Morgan fingerprint density at radius 2 is 2.23 bits per heavy atom.